The van der Waals surface area contributed by atoms with Crippen molar-refractivity contribution in [1.82, 2.24) is 0 Å². The van der Waals surface area contributed by atoms with Crippen LogP contribution in [0.15, 0.2) is 0 Å². The molecule has 0 atom stereocenters. The van der Waals surface area contributed by atoms with Crippen molar-refractivity contribution in [1.29, 1.82) is 0 Å². The van der Waals surface area contributed by atoms with Gasteiger partial charge in [-0.25, -0.2) is 4.18 Å². The van der Waals surface area contributed by atoms with Gasteiger partial charge < -0.3 is 0 Å². The average Bonchev–Trinajstić information content (AvgIpc) is 2.42. The summed E-state index contributed by atoms with van der Waals surface area (Å²) >= 11 is 0. The maximum atomic E-state index is 10.3. The molecule has 0 aromatic rings. The molecule has 0 fully saturated rings. The average molecular weight is 440 g/mol. The Kier molecular flexibility index (Phi) is 20.5. The van der Waals surface area contributed by atoms with Crippen molar-refractivity contribution < 1.29 is 17.2 Å². The number of unbranched alkanes of at least 4 members (excludes halogenated alkanes) is 13. The topological polar surface area (TPSA) is 63.6 Å². The molecule has 0 aromatic carbocycles. The van der Waals surface area contributed by atoms with Gasteiger partial charge in [0.15, 0.2) is 0 Å². The van der Waals surface area contributed by atoms with Gasteiger partial charge in [-0.2, -0.15) is 8.42 Å². The molecule has 0 amide bonds. The van der Waals surface area contributed by atoms with E-state index in [4.69, 9.17) is 4.55 Å². The first-order valence-corrected chi connectivity index (χ1v) is 10.0. The standard InChI is InChI=1S/C16H34O4S.In.3H/c1-2-3-4-5-6-7-8-9-10-11-12-13-14-15-16-20-21(17,18)19;;;;/h2-16H2,1H3,(H,17,18,19);;;;. The van der Waals surface area contributed by atoms with Crippen LogP contribution in [0.4, 0.5) is 0 Å². The summed E-state index contributed by atoms with van der Waals surface area (Å²) in [5.41, 5.74) is 0. The molecule has 0 heterocycles. The molecule has 0 unspecified atom stereocenters. The predicted octanol–water partition coefficient (Wildman–Crippen LogP) is 4.10. The zero-order valence-corrected chi connectivity index (χ0v) is 14.5. The van der Waals surface area contributed by atoms with Crippen LogP contribution in [0.3, 0.4) is 0 Å². The van der Waals surface area contributed by atoms with Gasteiger partial charge in [0.1, 0.15) is 0 Å². The van der Waals surface area contributed by atoms with Crippen LogP contribution in [0.1, 0.15) is 96.8 Å². The molecule has 1 N–H and O–H groups in total. The number of hydrogen-bond acceptors (Lipinski definition) is 3. The maximum absolute atomic E-state index is 10.3. The van der Waals surface area contributed by atoms with Gasteiger partial charge in [-0.05, 0) is 6.42 Å². The summed E-state index contributed by atoms with van der Waals surface area (Å²) in [7, 11) is -4.24. The van der Waals surface area contributed by atoms with E-state index in [1.54, 1.807) is 0 Å². The van der Waals surface area contributed by atoms with Crippen LogP contribution >= 0.6 is 0 Å². The summed E-state index contributed by atoms with van der Waals surface area (Å²) in [5, 5.41) is 0. The van der Waals surface area contributed by atoms with Gasteiger partial charge in [-0.1, -0.05) is 90.4 Å². The Bertz CT molecular complexity index is 307. The SMILES string of the molecule is CCCCCCCCCCCCCCCCOS(=O)(=O)O.[InH3]. The molecular formula is C16H37InO4S. The van der Waals surface area contributed by atoms with Gasteiger partial charge in [-0.3, -0.25) is 4.55 Å². The molecule has 134 valence electrons. The van der Waals surface area contributed by atoms with Crippen LogP contribution in [0.5, 0.6) is 0 Å². The first kappa shape index (κ1) is 25.0. The Morgan fingerprint density at radius 2 is 1.00 bits per heavy atom. The van der Waals surface area contributed by atoms with E-state index >= 15 is 0 Å². The van der Waals surface area contributed by atoms with E-state index in [-0.39, 0.29) is 32.5 Å². The number of hydrogen-bond donors (Lipinski definition) is 1. The Morgan fingerprint density at radius 3 is 1.32 bits per heavy atom. The normalized spacial score (nSPS) is 11.4. The van der Waals surface area contributed by atoms with Gasteiger partial charge in [0.2, 0.25) is 0 Å². The molecular weight excluding hydrogens is 403 g/mol. The monoisotopic (exact) mass is 440 g/mol. The predicted molar refractivity (Wildman–Crippen MR) is 97.8 cm³/mol. The van der Waals surface area contributed by atoms with Crippen LogP contribution < -0.4 is 0 Å². The molecule has 0 aliphatic heterocycles. The van der Waals surface area contributed by atoms with E-state index in [1.807, 2.05) is 0 Å². The van der Waals surface area contributed by atoms with E-state index in [0.29, 0.717) is 6.42 Å². The van der Waals surface area contributed by atoms with Crippen molar-refractivity contribution in [3.8, 4) is 0 Å². The summed E-state index contributed by atoms with van der Waals surface area (Å²) in [4.78, 5) is 0. The molecule has 0 aliphatic carbocycles. The van der Waals surface area contributed by atoms with Crippen LogP contribution in [-0.2, 0) is 14.6 Å². The molecule has 22 heavy (non-hydrogen) atoms. The minimum atomic E-state index is -4.24. The molecule has 0 rings (SSSR count). The minimum absolute atomic E-state index is 0. The molecule has 0 spiro atoms. The first-order chi connectivity index (χ1) is 10.1. The third-order valence-electron chi connectivity index (χ3n) is 3.73. The van der Waals surface area contributed by atoms with Crippen molar-refractivity contribution in [2.45, 2.75) is 96.8 Å². The summed E-state index contributed by atoms with van der Waals surface area (Å²) in [6.45, 7) is 2.35. The van der Waals surface area contributed by atoms with E-state index < -0.39 is 10.4 Å². The fourth-order valence-electron chi connectivity index (χ4n) is 2.46. The van der Waals surface area contributed by atoms with Crippen LogP contribution in [0.25, 0.3) is 0 Å². The van der Waals surface area contributed by atoms with Gasteiger partial charge in [-0.15, -0.1) is 0 Å². The van der Waals surface area contributed by atoms with Gasteiger partial charge in [0.25, 0.3) is 0 Å². The molecule has 0 aromatic heterocycles. The van der Waals surface area contributed by atoms with Gasteiger partial charge in [0.05, 0.1) is 6.61 Å². The summed E-state index contributed by atoms with van der Waals surface area (Å²) < 4.78 is 33.2. The van der Waals surface area contributed by atoms with E-state index in [1.165, 1.54) is 70.6 Å². The van der Waals surface area contributed by atoms with Crippen LogP contribution in [0, 0.1) is 0 Å². The van der Waals surface area contributed by atoms with Crippen molar-refractivity contribution in [3.05, 3.63) is 0 Å². The van der Waals surface area contributed by atoms with E-state index in [9.17, 15) is 8.42 Å². The Hall–Kier alpha value is 0.740. The molecule has 0 bridgehead atoms. The van der Waals surface area contributed by atoms with Crippen molar-refractivity contribution in [3.63, 3.8) is 0 Å². The Morgan fingerprint density at radius 1 is 0.682 bits per heavy atom. The first-order valence-electron chi connectivity index (χ1n) is 8.68. The zero-order valence-electron chi connectivity index (χ0n) is 13.7. The summed E-state index contributed by atoms with van der Waals surface area (Å²) in [5.74, 6) is 0. The molecule has 4 nitrogen and oxygen atoms in total. The molecule has 0 aliphatic rings. The second kappa shape index (κ2) is 18.1. The summed E-state index contributed by atoms with van der Waals surface area (Å²) in [6.07, 6.45) is 17.6. The zero-order chi connectivity index (χ0) is 15.8. The Balaban J connectivity index is 0. The van der Waals surface area contributed by atoms with E-state index in [0.717, 1.165) is 12.8 Å². The second-order valence-corrected chi connectivity index (χ2v) is 6.94. The molecule has 0 saturated carbocycles. The number of rotatable bonds is 16. The van der Waals surface area contributed by atoms with Crippen molar-refractivity contribution >= 4 is 36.2 Å². The quantitative estimate of drug-likeness (QED) is 0.290. The summed E-state index contributed by atoms with van der Waals surface area (Å²) in [6, 6.07) is 0. The third-order valence-corrected chi connectivity index (χ3v) is 4.19. The van der Waals surface area contributed by atoms with Gasteiger partial charge >= 0.3 is 36.2 Å². The van der Waals surface area contributed by atoms with Crippen molar-refractivity contribution in [2.75, 3.05) is 6.61 Å². The van der Waals surface area contributed by atoms with Crippen LogP contribution in [0.2, 0.25) is 0 Å². The molecule has 0 saturated heterocycles. The fraction of sp³-hybridized carbons (Fsp3) is 1.00. The second-order valence-electron chi connectivity index (χ2n) is 5.85. The molecule has 0 radical (unpaired) electrons. The van der Waals surface area contributed by atoms with Gasteiger partial charge in [0, 0.05) is 0 Å². The Labute approximate surface area is 156 Å². The fourth-order valence-corrected chi connectivity index (χ4v) is 2.79. The third kappa shape index (κ3) is 23.0. The molecule has 6 heteroatoms. The van der Waals surface area contributed by atoms with Crippen LogP contribution in [-0.4, -0.2) is 45.4 Å². The van der Waals surface area contributed by atoms with E-state index in [2.05, 4.69) is 11.1 Å². The van der Waals surface area contributed by atoms with Crippen molar-refractivity contribution in [2.24, 2.45) is 0 Å².